The Bertz CT molecular complexity index is 913. The van der Waals surface area contributed by atoms with E-state index in [9.17, 15) is 19.2 Å². The Balaban J connectivity index is 1.77. The van der Waals surface area contributed by atoms with Crippen LogP contribution in [0.15, 0.2) is 36.4 Å². The summed E-state index contributed by atoms with van der Waals surface area (Å²) in [6.45, 7) is 2.29. The van der Waals surface area contributed by atoms with Crippen molar-refractivity contribution in [3.8, 4) is 0 Å². The van der Waals surface area contributed by atoms with Gasteiger partial charge in [-0.3, -0.25) is 19.2 Å². The van der Waals surface area contributed by atoms with Crippen LogP contribution < -0.4 is 4.90 Å². The quantitative estimate of drug-likeness (QED) is 0.324. The van der Waals surface area contributed by atoms with Crippen LogP contribution in [0.5, 0.6) is 0 Å². The maximum Gasteiger partial charge on any atom is 0.305 e. The molecule has 0 aromatic heterocycles. The van der Waals surface area contributed by atoms with Gasteiger partial charge < -0.3 is 14.2 Å². The van der Waals surface area contributed by atoms with Gasteiger partial charge in [-0.25, -0.2) is 4.90 Å². The fraction of sp³-hybridized carbons (Fsp3) is 0.368. The number of fused-ring (bicyclic) bond motifs is 5. The largest absolute Gasteiger partial charge is 0.422 e. The van der Waals surface area contributed by atoms with Crippen LogP contribution in [0.1, 0.15) is 13.8 Å². The van der Waals surface area contributed by atoms with Crippen molar-refractivity contribution in [2.24, 2.45) is 11.8 Å². The number of esters is 2. The second-order valence-corrected chi connectivity index (χ2v) is 7.22. The first kappa shape index (κ1) is 18.6. The number of hydrogen-bond donors (Lipinski definition) is 0. The van der Waals surface area contributed by atoms with E-state index in [0.717, 1.165) is 18.7 Å². The number of benzene rings is 1. The van der Waals surface area contributed by atoms with Gasteiger partial charge in [0, 0.05) is 13.8 Å². The number of para-hydroxylation sites is 1. The van der Waals surface area contributed by atoms with Crippen molar-refractivity contribution in [1.82, 2.24) is 0 Å². The summed E-state index contributed by atoms with van der Waals surface area (Å²) in [5.41, 5.74) is -1.31. The molecule has 146 valence electrons. The second-order valence-electron chi connectivity index (χ2n) is 6.81. The third kappa shape index (κ3) is 2.56. The molecule has 0 spiro atoms. The van der Waals surface area contributed by atoms with E-state index in [1.54, 1.807) is 30.3 Å². The third-order valence-corrected chi connectivity index (χ3v) is 5.41. The third-order valence-electron chi connectivity index (χ3n) is 5.09. The number of amides is 2. The van der Waals surface area contributed by atoms with Crippen molar-refractivity contribution >= 4 is 41.0 Å². The Morgan fingerprint density at radius 1 is 1.14 bits per heavy atom. The van der Waals surface area contributed by atoms with E-state index >= 15 is 0 Å². The summed E-state index contributed by atoms with van der Waals surface area (Å²) in [6, 6.07) is 6.49. The van der Waals surface area contributed by atoms with Crippen molar-refractivity contribution in [1.29, 1.82) is 0 Å². The van der Waals surface area contributed by atoms with Gasteiger partial charge in [0.15, 0.2) is 5.60 Å². The van der Waals surface area contributed by atoms with Gasteiger partial charge in [0.25, 0.3) is 6.29 Å². The Morgan fingerprint density at radius 3 is 2.39 bits per heavy atom. The average Bonchev–Trinajstić information content (AvgIpc) is 3.26. The molecule has 2 saturated heterocycles. The van der Waals surface area contributed by atoms with Gasteiger partial charge >= 0.3 is 11.9 Å². The van der Waals surface area contributed by atoms with Gasteiger partial charge in [0.1, 0.15) is 0 Å². The molecule has 28 heavy (non-hydrogen) atoms. The summed E-state index contributed by atoms with van der Waals surface area (Å²) in [7, 11) is 0. The predicted octanol–water partition coefficient (Wildman–Crippen LogP) is 1.61. The Labute approximate surface area is 165 Å². The van der Waals surface area contributed by atoms with E-state index in [1.165, 1.54) is 6.08 Å². The standard InChI is InChI=1S/C19H16ClNO7/c1-9(22)26-18(27-10(2)23)19-8-7-13(28-19)14-15(19)17(25)21(16(14)24)12-6-4-3-5-11(12)20/h3-8,13-15,18H,1-2H3/t13-,14-,15+,19+/m1/s1. The molecule has 0 aliphatic carbocycles. The SMILES string of the molecule is CC(=O)OC(OC(C)=O)[C@@]12C=C[C@@H](O1)[C@H]1C(=O)N(c3ccccc3Cl)C(=O)[C@H]12. The van der Waals surface area contributed by atoms with E-state index < -0.39 is 53.6 Å². The summed E-state index contributed by atoms with van der Waals surface area (Å²) in [5, 5.41) is 0.246. The molecule has 0 radical (unpaired) electrons. The van der Waals surface area contributed by atoms with Crippen LogP contribution in [-0.4, -0.2) is 41.7 Å². The van der Waals surface area contributed by atoms with E-state index in [4.69, 9.17) is 25.8 Å². The van der Waals surface area contributed by atoms with E-state index in [2.05, 4.69) is 0 Å². The molecule has 0 saturated carbocycles. The van der Waals surface area contributed by atoms with Crippen LogP contribution in [-0.2, 0) is 33.4 Å². The maximum absolute atomic E-state index is 13.3. The normalized spacial score (nSPS) is 30.1. The predicted molar refractivity (Wildman–Crippen MR) is 95.0 cm³/mol. The van der Waals surface area contributed by atoms with Crippen LogP contribution in [0, 0.1) is 11.8 Å². The average molecular weight is 406 g/mol. The number of rotatable bonds is 4. The lowest BCUT2D eigenvalue weighted by molar-refractivity contribution is -0.226. The highest BCUT2D eigenvalue weighted by atomic mass is 35.5. The summed E-state index contributed by atoms with van der Waals surface area (Å²) in [4.78, 5) is 50.5. The number of nitrogens with zero attached hydrogens (tertiary/aromatic N) is 1. The zero-order valence-electron chi connectivity index (χ0n) is 15.0. The number of carbonyl (C=O) groups is 4. The fourth-order valence-corrected chi connectivity index (χ4v) is 4.31. The van der Waals surface area contributed by atoms with Crippen molar-refractivity contribution < 1.29 is 33.4 Å². The van der Waals surface area contributed by atoms with Crippen LogP contribution in [0.2, 0.25) is 5.02 Å². The van der Waals surface area contributed by atoms with Gasteiger partial charge in [-0.1, -0.05) is 29.8 Å². The van der Waals surface area contributed by atoms with Crippen LogP contribution in [0.3, 0.4) is 0 Å². The first-order valence-corrected chi connectivity index (χ1v) is 8.98. The highest BCUT2D eigenvalue weighted by molar-refractivity contribution is 6.36. The van der Waals surface area contributed by atoms with E-state index in [0.29, 0.717) is 0 Å². The molecule has 0 unspecified atom stereocenters. The molecule has 3 aliphatic rings. The number of hydrogen-bond acceptors (Lipinski definition) is 7. The number of imide groups is 1. The van der Waals surface area contributed by atoms with Crippen molar-refractivity contribution in [2.75, 3.05) is 4.90 Å². The lowest BCUT2D eigenvalue weighted by Gasteiger charge is -2.34. The smallest absolute Gasteiger partial charge is 0.305 e. The van der Waals surface area contributed by atoms with Gasteiger partial charge in [-0.15, -0.1) is 0 Å². The highest BCUT2D eigenvalue weighted by Crippen LogP contribution is 2.55. The molecule has 2 amide bonds. The zero-order valence-corrected chi connectivity index (χ0v) is 15.7. The molecule has 3 heterocycles. The Kier molecular flexibility index (Phi) is 4.28. The van der Waals surface area contributed by atoms with Gasteiger partial charge in [0.2, 0.25) is 11.8 Å². The molecule has 9 heteroatoms. The molecule has 4 atom stereocenters. The van der Waals surface area contributed by atoms with E-state index in [-0.39, 0.29) is 10.7 Å². The fourth-order valence-electron chi connectivity index (χ4n) is 4.09. The second kappa shape index (κ2) is 6.42. The maximum atomic E-state index is 13.3. The number of anilines is 1. The Morgan fingerprint density at radius 2 is 1.79 bits per heavy atom. The van der Waals surface area contributed by atoms with Crippen molar-refractivity contribution in [3.05, 3.63) is 41.4 Å². The summed E-state index contributed by atoms with van der Waals surface area (Å²) in [5.74, 6) is -4.31. The van der Waals surface area contributed by atoms with Crippen molar-refractivity contribution in [3.63, 3.8) is 0 Å². The first-order chi connectivity index (χ1) is 13.3. The molecule has 0 N–H and O–H groups in total. The monoisotopic (exact) mass is 405 g/mol. The summed E-state index contributed by atoms with van der Waals surface area (Å²) >= 11 is 6.18. The van der Waals surface area contributed by atoms with Crippen LogP contribution >= 0.6 is 11.6 Å². The molecule has 3 aliphatic heterocycles. The lowest BCUT2D eigenvalue weighted by Crippen LogP contribution is -2.52. The van der Waals surface area contributed by atoms with Gasteiger partial charge in [-0.05, 0) is 18.2 Å². The lowest BCUT2D eigenvalue weighted by atomic mass is 9.76. The molecule has 8 nitrogen and oxygen atoms in total. The first-order valence-electron chi connectivity index (χ1n) is 8.60. The van der Waals surface area contributed by atoms with E-state index in [1.807, 2.05) is 0 Å². The molecule has 4 rings (SSSR count). The molecular weight excluding hydrogens is 390 g/mol. The van der Waals surface area contributed by atoms with Gasteiger partial charge in [0.05, 0.1) is 28.6 Å². The number of ether oxygens (including phenoxy) is 3. The Hall–Kier alpha value is -2.71. The molecule has 2 fully saturated rings. The number of carbonyl (C=O) groups excluding carboxylic acids is 4. The minimum Gasteiger partial charge on any atom is -0.422 e. The van der Waals surface area contributed by atoms with Crippen LogP contribution in [0.25, 0.3) is 0 Å². The zero-order chi connectivity index (χ0) is 20.2. The topological polar surface area (TPSA) is 99.2 Å². The van der Waals surface area contributed by atoms with Crippen LogP contribution in [0.4, 0.5) is 5.69 Å². The minimum atomic E-state index is -1.57. The number of halogens is 1. The molecule has 1 aromatic carbocycles. The molecular formula is C19H16ClNO7. The molecule has 2 bridgehead atoms. The summed E-state index contributed by atoms with van der Waals surface area (Å²) < 4.78 is 16.2. The van der Waals surface area contributed by atoms with Crippen molar-refractivity contribution in [2.45, 2.75) is 31.8 Å². The van der Waals surface area contributed by atoms with Gasteiger partial charge in [-0.2, -0.15) is 0 Å². The summed E-state index contributed by atoms with van der Waals surface area (Å²) in [6.07, 6.45) is 0.934. The minimum absolute atomic E-state index is 0.246. The highest BCUT2D eigenvalue weighted by Gasteiger charge is 2.72. The molecule has 1 aromatic rings.